The van der Waals surface area contributed by atoms with Crippen LogP contribution in [0.15, 0.2) is 9.95 Å². The maximum atomic E-state index is 11.5. The molecule has 0 saturated heterocycles. The van der Waals surface area contributed by atoms with Gasteiger partial charge in [-0.3, -0.25) is 4.57 Å². The highest BCUT2D eigenvalue weighted by atomic mass is 32.2. The minimum Gasteiger partial charge on any atom is -0.388 e. The number of hydrogen-bond donors (Lipinski definition) is 2. The lowest BCUT2D eigenvalue weighted by molar-refractivity contribution is 0.534. The number of nitrogens with zero attached hydrogens (tertiary/aromatic N) is 4. The molecule has 0 saturated carbocycles. The number of hydrogen-bond acceptors (Lipinski definition) is 7. The molecule has 0 unspecified atom stereocenters. The van der Waals surface area contributed by atoms with E-state index in [9.17, 15) is 4.79 Å². The fraction of sp³-hybridized carbons (Fsp3) is 0.500. The van der Waals surface area contributed by atoms with Crippen molar-refractivity contribution in [2.75, 3.05) is 5.73 Å². The highest BCUT2D eigenvalue weighted by Gasteiger charge is 2.13. The van der Waals surface area contributed by atoms with Crippen molar-refractivity contribution in [3.05, 3.63) is 16.2 Å². The van der Waals surface area contributed by atoms with Gasteiger partial charge in [0.05, 0.1) is 0 Å². The van der Waals surface area contributed by atoms with Gasteiger partial charge in [0.1, 0.15) is 10.7 Å². The molecule has 0 atom stereocenters. The first-order valence-electron chi connectivity index (χ1n) is 4.96. The lowest BCUT2D eigenvalue weighted by Gasteiger charge is -2.07. The molecule has 2 rings (SSSR count). The van der Waals surface area contributed by atoms with Gasteiger partial charge >= 0.3 is 5.69 Å². The first kappa shape index (κ1) is 12.1. The van der Waals surface area contributed by atoms with E-state index in [0.717, 1.165) is 17.2 Å². The van der Waals surface area contributed by atoms with Gasteiger partial charge in [-0.05, 0) is 13.8 Å². The molecule has 2 aromatic heterocycles. The molecule has 0 fully saturated rings. The van der Waals surface area contributed by atoms with E-state index < -0.39 is 0 Å². The Morgan fingerprint density at radius 2 is 2.35 bits per heavy atom. The van der Waals surface area contributed by atoms with Crippen LogP contribution in [0.2, 0.25) is 0 Å². The van der Waals surface area contributed by atoms with Crippen LogP contribution in [0.25, 0.3) is 0 Å². The number of aromatic nitrogens is 5. The van der Waals surface area contributed by atoms with Gasteiger partial charge in [0, 0.05) is 23.3 Å². The monoisotopic (exact) mass is 272 g/mol. The van der Waals surface area contributed by atoms with Crippen molar-refractivity contribution in [2.24, 2.45) is 0 Å². The average Bonchev–Trinajstić information content (AvgIpc) is 2.82. The van der Waals surface area contributed by atoms with Gasteiger partial charge in [-0.25, -0.2) is 9.89 Å². The molecule has 0 radical (unpaired) electrons. The number of nitrogen functional groups attached to an aromatic ring is 1. The van der Waals surface area contributed by atoms with Crippen LogP contribution in [0.4, 0.5) is 5.00 Å². The normalized spacial score (nSPS) is 11.2. The zero-order valence-corrected chi connectivity index (χ0v) is 11.0. The van der Waals surface area contributed by atoms with E-state index in [1.807, 2.05) is 13.8 Å². The molecular formula is C8H12N6OS2. The molecule has 2 heterocycles. The van der Waals surface area contributed by atoms with Crippen LogP contribution in [0, 0.1) is 0 Å². The van der Waals surface area contributed by atoms with E-state index in [1.54, 1.807) is 4.57 Å². The van der Waals surface area contributed by atoms with E-state index >= 15 is 0 Å². The zero-order valence-electron chi connectivity index (χ0n) is 9.38. The van der Waals surface area contributed by atoms with Gasteiger partial charge in [0.25, 0.3) is 0 Å². The van der Waals surface area contributed by atoms with Gasteiger partial charge in [-0.1, -0.05) is 16.3 Å². The van der Waals surface area contributed by atoms with E-state index in [0.29, 0.717) is 15.9 Å². The fourth-order valence-electron chi connectivity index (χ4n) is 1.30. The second kappa shape index (κ2) is 4.88. The molecule has 9 heteroatoms. The standard InChI is InChI=1S/C8H12N6OS2/c1-4(2)14-7(15)11-12-8(14)16-3-5-6(9)17-13-10-5/h4H,3,9H2,1-2H3,(H,11,15). The topological polar surface area (TPSA) is 102 Å². The maximum absolute atomic E-state index is 11.5. The number of nitrogens with one attached hydrogen (secondary N) is 1. The minimum atomic E-state index is -0.202. The van der Waals surface area contributed by atoms with Gasteiger partial charge in [-0.15, -0.1) is 10.2 Å². The lowest BCUT2D eigenvalue weighted by Crippen LogP contribution is -2.19. The molecule has 0 aliphatic rings. The van der Waals surface area contributed by atoms with Crippen LogP contribution in [0.3, 0.4) is 0 Å². The summed E-state index contributed by atoms with van der Waals surface area (Å²) in [5, 5.41) is 11.6. The number of nitrogens with two attached hydrogens (primary N) is 1. The summed E-state index contributed by atoms with van der Waals surface area (Å²) in [6.45, 7) is 3.86. The molecule has 17 heavy (non-hydrogen) atoms. The van der Waals surface area contributed by atoms with E-state index in [2.05, 4.69) is 19.8 Å². The molecule has 0 amide bonds. The summed E-state index contributed by atoms with van der Waals surface area (Å²) in [4.78, 5) is 11.5. The van der Waals surface area contributed by atoms with Crippen molar-refractivity contribution in [1.82, 2.24) is 24.4 Å². The summed E-state index contributed by atoms with van der Waals surface area (Å²) >= 11 is 2.57. The summed E-state index contributed by atoms with van der Waals surface area (Å²) in [5.74, 6) is 0.555. The smallest absolute Gasteiger partial charge is 0.344 e. The number of thioether (sulfide) groups is 1. The van der Waals surface area contributed by atoms with Crippen LogP contribution in [-0.4, -0.2) is 24.4 Å². The van der Waals surface area contributed by atoms with Gasteiger partial charge in [-0.2, -0.15) is 0 Å². The lowest BCUT2D eigenvalue weighted by atomic mass is 10.4. The van der Waals surface area contributed by atoms with Crippen molar-refractivity contribution in [1.29, 1.82) is 0 Å². The molecule has 0 bridgehead atoms. The molecule has 0 aliphatic carbocycles. The average molecular weight is 272 g/mol. The van der Waals surface area contributed by atoms with E-state index in [1.165, 1.54) is 11.8 Å². The first-order chi connectivity index (χ1) is 8.09. The summed E-state index contributed by atoms with van der Waals surface area (Å²) < 4.78 is 5.35. The van der Waals surface area contributed by atoms with Crippen LogP contribution in [0.5, 0.6) is 0 Å². The van der Waals surface area contributed by atoms with Crippen LogP contribution in [-0.2, 0) is 5.75 Å². The zero-order chi connectivity index (χ0) is 12.4. The van der Waals surface area contributed by atoms with Crippen LogP contribution in [0.1, 0.15) is 25.6 Å². The Balaban J connectivity index is 2.15. The van der Waals surface area contributed by atoms with E-state index in [-0.39, 0.29) is 11.7 Å². The minimum absolute atomic E-state index is 0.0645. The summed E-state index contributed by atoms with van der Waals surface area (Å²) in [6, 6.07) is 0.0645. The predicted octanol–water partition coefficient (Wildman–Crippen LogP) is 0.878. The third-order valence-corrected chi connectivity index (χ3v) is 3.67. The van der Waals surface area contributed by atoms with Gasteiger partial charge in [0.2, 0.25) is 0 Å². The SMILES string of the molecule is CC(C)n1c(SCc2nnsc2N)n[nH]c1=O. The molecule has 0 aromatic carbocycles. The second-order valence-corrected chi connectivity index (χ2v) is 5.38. The van der Waals surface area contributed by atoms with E-state index in [4.69, 9.17) is 5.73 Å². The second-order valence-electron chi connectivity index (χ2n) is 3.65. The molecule has 7 nitrogen and oxygen atoms in total. The van der Waals surface area contributed by atoms with Crippen molar-refractivity contribution >= 4 is 28.3 Å². The Bertz CT molecular complexity index is 556. The number of anilines is 1. The molecule has 0 spiro atoms. The Morgan fingerprint density at radius 1 is 1.59 bits per heavy atom. The fourth-order valence-corrected chi connectivity index (χ4v) is 2.86. The predicted molar refractivity (Wildman–Crippen MR) is 67.1 cm³/mol. The summed E-state index contributed by atoms with van der Waals surface area (Å²) in [6.07, 6.45) is 0. The number of H-pyrrole nitrogens is 1. The van der Waals surface area contributed by atoms with Crippen molar-refractivity contribution < 1.29 is 0 Å². The Labute approximate surface area is 106 Å². The van der Waals surface area contributed by atoms with Crippen molar-refractivity contribution in [2.45, 2.75) is 30.8 Å². The Hall–Kier alpha value is -1.35. The van der Waals surface area contributed by atoms with Crippen molar-refractivity contribution in [3.8, 4) is 0 Å². The van der Waals surface area contributed by atoms with Crippen LogP contribution < -0.4 is 11.4 Å². The summed E-state index contributed by atoms with van der Waals surface area (Å²) in [7, 11) is 0. The third-order valence-electron chi connectivity index (χ3n) is 2.11. The molecule has 92 valence electrons. The van der Waals surface area contributed by atoms with Gasteiger partial charge < -0.3 is 5.73 Å². The number of rotatable bonds is 4. The van der Waals surface area contributed by atoms with Gasteiger partial charge in [0.15, 0.2) is 5.16 Å². The molecular weight excluding hydrogens is 260 g/mol. The van der Waals surface area contributed by atoms with Crippen molar-refractivity contribution in [3.63, 3.8) is 0 Å². The molecule has 0 aliphatic heterocycles. The Morgan fingerprint density at radius 3 is 2.94 bits per heavy atom. The first-order valence-corrected chi connectivity index (χ1v) is 6.72. The molecule has 3 N–H and O–H groups in total. The highest BCUT2D eigenvalue weighted by molar-refractivity contribution is 7.98. The number of aromatic amines is 1. The summed E-state index contributed by atoms with van der Waals surface area (Å²) in [5.41, 5.74) is 6.22. The Kier molecular flexibility index (Phi) is 3.48. The third kappa shape index (κ3) is 2.50. The van der Waals surface area contributed by atoms with Crippen LogP contribution >= 0.6 is 23.3 Å². The highest BCUT2D eigenvalue weighted by Crippen LogP contribution is 2.24. The maximum Gasteiger partial charge on any atom is 0.344 e. The quantitative estimate of drug-likeness (QED) is 0.801. The molecule has 2 aromatic rings. The largest absolute Gasteiger partial charge is 0.388 e.